The summed E-state index contributed by atoms with van der Waals surface area (Å²) in [6.45, 7) is 8.75. The van der Waals surface area contributed by atoms with Crippen LogP contribution in [0.3, 0.4) is 0 Å². The number of rotatable bonds is 9. The van der Waals surface area contributed by atoms with E-state index in [1.807, 2.05) is 6.07 Å². The van der Waals surface area contributed by atoms with Gasteiger partial charge in [-0.1, -0.05) is 19.9 Å². The Morgan fingerprint density at radius 1 is 1.24 bits per heavy atom. The van der Waals surface area contributed by atoms with Crippen LogP contribution in [0.4, 0.5) is 0 Å². The molecule has 1 aromatic heterocycles. The summed E-state index contributed by atoms with van der Waals surface area (Å²) in [6, 6.07) is 6.83. The fourth-order valence-corrected chi connectivity index (χ4v) is 4.91. The molecule has 0 radical (unpaired) electrons. The predicted octanol–water partition coefficient (Wildman–Crippen LogP) is 4.42. The van der Waals surface area contributed by atoms with Crippen molar-refractivity contribution in [3.63, 3.8) is 0 Å². The minimum atomic E-state index is 0.511. The second kappa shape index (κ2) is 10.4. The summed E-state index contributed by atoms with van der Waals surface area (Å²) >= 11 is 1.81. The molecule has 0 unspecified atom stereocenters. The Hall–Kier alpha value is -1.63. The van der Waals surface area contributed by atoms with Gasteiger partial charge in [0.25, 0.3) is 0 Å². The van der Waals surface area contributed by atoms with Crippen molar-refractivity contribution in [1.29, 1.82) is 0 Å². The molecule has 0 N–H and O–H groups in total. The Morgan fingerprint density at radius 2 is 2.03 bits per heavy atom. The fraction of sp³-hybridized carbons (Fsp3) is 0.609. The average molecular weight is 418 g/mol. The molecule has 5 nitrogen and oxygen atoms in total. The molecule has 2 heterocycles. The number of piperidine rings is 1. The molecule has 2 aromatic rings. The first-order chi connectivity index (χ1) is 14.0. The number of methoxy groups -OCH3 is 2. The molecular formula is C23H35N3O2S. The lowest BCUT2D eigenvalue weighted by molar-refractivity contribution is 0.112. The Morgan fingerprint density at radius 3 is 2.72 bits per heavy atom. The van der Waals surface area contributed by atoms with Gasteiger partial charge in [-0.05, 0) is 56.5 Å². The van der Waals surface area contributed by atoms with Crippen LogP contribution in [-0.2, 0) is 13.0 Å². The molecule has 1 aromatic carbocycles. The van der Waals surface area contributed by atoms with Crippen molar-refractivity contribution in [2.24, 2.45) is 0 Å². The molecule has 0 saturated carbocycles. The molecule has 0 bridgehead atoms. The van der Waals surface area contributed by atoms with E-state index in [2.05, 4.69) is 48.2 Å². The summed E-state index contributed by atoms with van der Waals surface area (Å²) in [5.74, 6) is 2.10. The first-order valence-corrected chi connectivity index (χ1v) is 11.5. The van der Waals surface area contributed by atoms with Crippen LogP contribution in [-0.4, -0.2) is 61.7 Å². The van der Waals surface area contributed by atoms with Gasteiger partial charge in [-0.15, -0.1) is 11.3 Å². The van der Waals surface area contributed by atoms with E-state index in [-0.39, 0.29) is 0 Å². The molecule has 0 amide bonds. The highest BCUT2D eigenvalue weighted by molar-refractivity contribution is 7.09. The first kappa shape index (κ1) is 22.1. The third-order valence-electron chi connectivity index (χ3n) is 5.83. The molecular weight excluding hydrogens is 382 g/mol. The van der Waals surface area contributed by atoms with Gasteiger partial charge in [0, 0.05) is 24.5 Å². The molecule has 0 aliphatic carbocycles. The predicted molar refractivity (Wildman–Crippen MR) is 120 cm³/mol. The highest BCUT2D eigenvalue weighted by Crippen LogP contribution is 2.28. The van der Waals surface area contributed by atoms with Crippen molar-refractivity contribution in [3.05, 3.63) is 39.8 Å². The van der Waals surface area contributed by atoms with E-state index in [0.29, 0.717) is 12.0 Å². The fourth-order valence-electron chi connectivity index (χ4n) is 3.91. The molecule has 1 saturated heterocycles. The van der Waals surface area contributed by atoms with Crippen LogP contribution >= 0.6 is 11.3 Å². The van der Waals surface area contributed by atoms with Gasteiger partial charge in [-0.2, -0.15) is 0 Å². The molecule has 160 valence electrons. The van der Waals surface area contributed by atoms with E-state index < -0.39 is 0 Å². The lowest BCUT2D eigenvalue weighted by atomic mass is 10.0. The standard InChI is InChI=1S/C23H35N3O2S/c1-17(2)20-16-29-23(24-20)15-26-11-6-7-19(14-26)25(3)12-10-18-8-9-21(27-4)22(13-18)28-5/h8-9,13,16-17,19H,6-7,10-12,14-15H2,1-5H3/t19-/m1/s1. The Bertz CT molecular complexity index is 777. The van der Waals surface area contributed by atoms with E-state index in [1.165, 1.54) is 35.7 Å². The van der Waals surface area contributed by atoms with Crippen molar-refractivity contribution >= 4 is 11.3 Å². The topological polar surface area (TPSA) is 37.8 Å². The molecule has 29 heavy (non-hydrogen) atoms. The Balaban J connectivity index is 1.52. The zero-order valence-corrected chi connectivity index (χ0v) is 19.3. The number of nitrogens with zero attached hydrogens (tertiary/aromatic N) is 3. The number of ether oxygens (including phenoxy) is 2. The van der Waals surface area contributed by atoms with Gasteiger partial charge in [0.05, 0.1) is 26.5 Å². The highest BCUT2D eigenvalue weighted by atomic mass is 32.1. The lowest BCUT2D eigenvalue weighted by Crippen LogP contribution is -2.46. The zero-order chi connectivity index (χ0) is 20.8. The first-order valence-electron chi connectivity index (χ1n) is 10.6. The van der Waals surface area contributed by atoms with Gasteiger partial charge >= 0.3 is 0 Å². The summed E-state index contributed by atoms with van der Waals surface area (Å²) in [7, 11) is 5.63. The van der Waals surface area contributed by atoms with Crippen molar-refractivity contribution in [2.45, 2.75) is 51.6 Å². The van der Waals surface area contributed by atoms with Crippen LogP contribution in [0, 0.1) is 0 Å². The minimum Gasteiger partial charge on any atom is -0.493 e. The van der Waals surface area contributed by atoms with Gasteiger partial charge in [0.15, 0.2) is 11.5 Å². The summed E-state index contributed by atoms with van der Waals surface area (Å²) in [4.78, 5) is 9.91. The van der Waals surface area contributed by atoms with E-state index in [0.717, 1.165) is 37.6 Å². The summed E-state index contributed by atoms with van der Waals surface area (Å²) in [5, 5.41) is 3.47. The number of likely N-dealkylation sites (N-methyl/N-ethyl adjacent to an activating group) is 1. The second-order valence-corrected chi connectivity index (χ2v) is 9.21. The molecule has 3 rings (SSSR count). The highest BCUT2D eigenvalue weighted by Gasteiger charge is 2.24. The van der Waals surface area contributed by atoms with Crippen LogP contribution in [0.25, 0.3) is 0 Å². The van der Waals surface area contributed by atoms with Crippen molar-refractivity contribution < 1.29 is 9.47 Å². The van der Waals surface area contributed by atoms with E-state index in [9.17, 15) is 0 Å². The van der Waals surface area contributed by atoms with Crippen molar-refractivity contribution in [2.75, 3.05) is 40.9 Å². The maximum atomic E-state index is 5.44. The molecule has 1 fully saturated rings. The van der Waals surface area contributed by atoms with Gasteiger partial charge in [-0.25, -0.2) is 4.98 Å². The van der Waals surface area contributed by atoms with Crippen LogP contribution in [0.15, 0.2) is 23.6 Å². The molecule has 1 aliphatic rings. The zero-order valence-electron chi connectivity index (χ0n) is 18.5. The number of hydrogen-bond donors (Lipinski definition) is 0. The number of thiazole rings is 1. The number of likely N-dealkylation sites (tertiary alicyclic amines) is 1. The lowest BCUT2D eigenvalue weighted by Gasteiger charge is -2.37. The summed E-state index contributed by atoms with van der Waals surface area (Å²) < 4.78 is 10.8. The number of aromatic nitrogens is 1. The van der Waals surface area contributed by atoms with Crippen LogP contribution in [0.5, 0.6) is 11.5 Å². The smallest absolute Gasteiger partial charge is 0.160 e. The van der Waals surface area contributed by atoms with Gasteiger partial charge in [-0.3, -0.25) is 4.90 Å². The monoisotopic (exact) mass is 417 g/mol. The van der Waals surface area contributed by atoms with Crippen molar-refractivity contribution in [3.8, 4) is 11.5 Å². The Kier molecular flexibility index (Phi) is 7.92. The van der Waals surface area contributed by atoms with E-state index >= 15 is 0 Å². The molecule has 1 aliphatic heterocycles. The average Bonchev–Trinajstić information content (AvgIpc) is 3.20. The van der Waals surface area contributed by atoms with Crippen LogP contribution in [0.1, 0.15) is 48.9 Å². The van der Waals surface area contributed by atoms with Gasteiger partial charge in [0.2, 0.25) is 0 Å². The van der Waals surface area contributed by atoms with Gasteiger partial charge < -0.3 is 14.4 Å². The summed E-state index contributed by atoms with van der Waals surface area (Å²) in [6.07, 6.45) is 3.54. The van der Waals surface area contributed by atoms with Crippen LogP contribution < -0.4 is 9.47 Å². The summed E-state index contributed by atoms with van der Waals surface area (Å²) in [5.41, 5.74) is 2.51. The quantitative estimate of drug-likeness (QED) is 0.604. The van der Waals surface area contributed by atoms with Crippen molar-refractivity contribution in [1.82, 2.24) is 14.8 Å². The molecule has 1 atom stereocenters. The minimum absolute atomic E-state index is 0.511. The van der Waals surface area contributed by atoms with E-state index in [1.54, 1.807) is 25.6 Å². The largest absolute Gasteiger partial charge is 0.493 e. The maximum absolute atomic E-state index is 5.44. The number of benzene rings is 1. The third kappa shape index (κ3) is 5.93. The number of hydrogen-bond acceptors (Lipinski definition) is 6. The maximum Gasteiger partial charge on any atom is 0.160 e. The normalized spacial score (nSPS) is 17.8. The molecule has 6 heteroatoms. The third-order valence-corrected chi connectivity index (χ3v) is 6.68. The SMILES string of the molecule is COc1ccc(CCN(C)[C@@H]2CCCN(Cc3nc(C(C)C)cs3)C2)cc1OC. The Labute approximate surface area is 179 Å². The second-order valence-electron chi connectivity index (χ2n) is 8.27. The van der Waals surface area contributed by atoms with E-state index in [4.69, 9.17) is 14.5 Å². The van der Waals surface area contributed by atoms with Gasteiger partial charge in [0.1, 0.15) is 5.01 Å². The van der Waals surface area contributed by atoms with Crippen LogP contribution in [0.2, 0.25) is 0 Å². The molecule has 0 spiro atoms.